The summed E-state index contributed by atoms with van der Waals surface area (Å²) in [5.74, 6) is 0. The van der Waals surface area contributed by atoms with Crippen LogP contribution in [0.15, 0.2) is 0 Å². The second-order valence-corrected chi connectivity index (χ2v) is 5.09. The number of ether oxygens (including phenoxy) is 2. The quantitative estimate of drug-likeness (QED) is 0.732. The van der Waals surface area contributed by atoms with Crippen LogP contribution in [0.1, 0.15) is 20.8 Å². The number of carbonyl (C=O) groups excluding carboxylic acids is 1. The Balaban J connectivity index is 2.45. The van der Waals surface area contributed by atoms with Crippen molar-refractivity contribution >= 4 is 6.09 Å². The van der Waals surface area contributed by atoms with Gasteiger partial charge in [0.15, 0.2) is 0 Å². The molecule has 1 fully saturated rings. The van der Waals surface area contributed by atoms with E-state index < -0.39 is 23.9 Å². The molecule has 6 nitrogen and oxygen atoms in total. The van der Waals surface area contributed by atoms with Gasteiger partial charge in [-0.15, -0.1) is 0 Å². The van der Waals surface area contributed by atoms with Crippen molar-refractivity contribution in [3.05, 3.63) is 0 Å². The van der Waals surface area contributed by atoms with Crippen molar-refractivity contribution < 1.29 is 24.5 Å². The van der Waals surface area contributed by atoms with E-state index in [4.69, 9.17) is 14.6 Å². The molecule has 0 aromatic heterocycles. The van der Waals surface area contributed by atoms with E-state index >= 15 is 0 Å². The molecule has 6 heteroatoms. The first kappa shape index (κ1) is 14.2. The van der Waals surface area contributed by atoms with Gasteiger partial charge < -0.3 is 24.6 Å². The molecule has 17 heavy (non-hydrogen) atoms. The van der Waals surface area contributed by atoms with Crippen LogP contribution in [0.2, 0.25) is 0 Å². The number of carbonyl (C=O) groups is 1. The van der Waals surface area contributed by atoms with Crippen molar-refractivity contribution in [2.24, 2.45) is 0 Å². The van der Waals surface area contributed by atoms with Crippen molar-refractivity contribution in [2.75, 3.05) is 26.3 Å². The normalized spacial score (nSPS) is 25.1. The summed E-state index contributed by atoms with van der Waals surface area (Å²) < 4.78 is 10.4. The van der Waals surface area contributed by atoms with Crippen LogP contribution in [-0.4, -0.2) is 65.3 Å². The molecule has 1 rings (SSSR count). The molecule has 2 atom stereocenters. The van der Waals surface area contributed by atoms with Gasteiger partial charge >= 0.3 is 6.09 Å². The van der Waals surface area contributed by atoms with Crippen LogP contribution in [-0.2, 0) is 9.47 Å². The van der Waals surface area contributed by atoms with Crippen LogP contribution in [0, 0.1) is 0 Å². The van der Waals surface area contributed by atoms with E-state index in [1.54, 1.807) is 20.8 Å². The molecule has 0 saturated carbocycles. The molecule has 1 aliphatic heterocycles. The Bertz CT molecular complexity index is 263. The molecule has 0 unspecified atom stereocenters. The number of β-amino-alcohol motifs (C(OH)–C–C–N with tert-alkyl or cyclic N) is 1. The summed E-state index contributed by atoms with van der Waals surface area (Å²) in [5.41, 5.74) is -0.550. The molecule has 0 aromatic carbocycles. The Labute approximate surface area is 101 Å². The molecule has 1 aliphatic rings. The highest BCUT2D eigenvalue weighted by molar-refractivity contribution is 5.68. The first-order chi connectivity index (χ1) is 7.83. The van der Waals surface area contributed by atoms with Gasteiger partial charge in [0, 0.05) is 0 Å². The molecule has 1 saturated heterocycles. The highest BCUT2D eigenvalue weighted by Crippen LogP contribution is 2.17. The van der Waals surface area contributed by atoms with E-state index in [0.717, 1.165) is 0 Å². The van der Waals surface area contributed by atoms with Crippen LogP contribution in [0.5, 0.6) is 0 Å². The summed E-state index contributed by atoms with van der Waals surface area (Å²) in [5, 5.41) is 18.3. The lowest BCUT2D eigenvalue weighted by Gasteiger charge is -2.24. The minimum atomic E-state index is -0.728. The molecule has 0 bridgehead atoms. The number of likely N-dealkylation sites (tertiary alicyclic amines) is 1. The van der Waals surface area contributed by atoms with E-state index in [1.807, 2.05) is 0 Å². The lowest BCUT2D eigenvalue weighted by atomic mass is 10.2. The van der Waals surface area contributed by atoms with Crippen LogP contribution in [0.4, 0.5) is 4.79 Å². The monoisotopic (exact) mass is 247 g/mol. The van der Waals surface area contributed by atoms with E-state index in [-0.39, 0.29) is 26.3 Å². The van der Waals surface area contributed by atoms with Crippen molar-refractivity contribution in [3.63, 3.8) is 0 Å². The van der Waals surface area contributed by atoms with Gasteiger partial charge in [0.25, 0.3) is 0 Å². The molecule has 0 aromatic rings. The van der Waals surface area contributed by atoms with Gasteiger partial charge in [0.2, 0.25) is 0 Å². The predicted octanol–water partition coefficient (Wildman–Crippen LogP) is -0.0245. The lowest BCUT2D eigenvalue weighted by molar-refractivity contribution is -0.0215. The van der Waals surface area contributed by atoms with Crippen LogP contribution in [0.3, 0.4) is 0 Å². The third-order valence-electron chi connectivity index (χ3n) is 2.31. The van der Waals surface area contributed by atoms with Crippen molar-refractivity contribution in [2.45, 2.75) is 38.6 Å². The maximum atomic E-state index is 11.7. The fourth-order valence-corrected chi connectivity index (χ4v) is 1.60. The maximum absolute atomic E-state index is 11.7. The number of rotatable bonds is 3. The standard InChI is InChI=1S/C11H21NO5/c1-11(2,3)17-10(15)12-6-8(14)9(7-12)16-5-4-13/h8-9,13-14H,4-7H2,1-3H3/t8-,9-/m1/s1. The summed E-state index contributed by atoms with van der Waals surface area (Å²) in [4.78, 5) is 13.1. The second-order valence-electron chi connectivity index (χ2n) is 5.09. The largest absolute Gasteiger partial charge is 0.444 e. The zero-order chi connectivity index (χ0) is 13.1. The molecule has 1 amide bonds. The second kappa shape index (κ2) is 5.66. The third kappa shape index (κ3) is 4.49. The molecule has 1 heterocycles. The number of nitrogens with zero attached hydrogens (tertiary/aromatic N) is 1. The highest BCUT2D eigenvalue weighted by atomic mass is 16.6. The molecule has 0 spiro atoms. The van der Waals surface area contributed by atoms with Crippen molar-refractivity contribution in [1.29, 1.82) is 0 Å². The zero-order valence-electron chi connectivity index (χ0n) is 10.5. The molecule has 2 N–H and O–H groups in total. The number of hydrogen-bond acceptors (Lipinski definition) is 5. The summed E-state index contributed by atoms with van der Waals surface area (Å²) in [6.07, 6.45) is -1.63. The van der Waals surface area contributed by atoms with E-state index in [9.17, 15) is 9.90 Å². The predicted molar refractivity (Wildman–Crippen MR) is 60.6 cm³/mol. The third-order valence-corrected chi connectivity index (χ3v) is 2.31. The Morgan fingerprint density at radius 2 is 2.06 bits per heavy atom. The van der Waals surface area contributed by atoms with E-state index in [1.165, 1.54) is 4.90 Å². The number of amides is 1. The summed E-state index contributed by atoms with van der Waals surface area (Å²) in [7, 11) is 0. The maximum Gasteiger partial charge on any atom is 0.410 e. The molecule has 0 radical (unpaired) electrons. The smallest absolute Gasteiger partial charge is 0.410 e. The SMILES string of the molecule is CC(C)(C)OC(=O)N1C[C@@H](O)[C@H](OCCO)C1. The fourth-order valence-electron chi connectivity index (χ4n) is 1.60. The van der Waals surface area contributed by atoms with Crippen LogP contribution >= 0.6 is 0 Å². The topological polar surface area (TPSA) is 79.2 Å². The minimum absolute atomic E-state index is 0.102. The number of hydrogen-bond donors (Lipinski definition) is 2. The fraction of sp³-hybridized carbons (Fsp3) is 0.909. The Morgan fingerprint density at radius 1 is 1.41 bits per heavy atom. The Kier molecular flexibility index (Phi) is 4.73. The van der Waals surface area contributed by atoms with Gasteiger partial charge in [-0.2, -0.15) is 0 Å². The highest BCUT2D eigenvalue weighted by Gasteiger charge is 2.36. The average Bonchev–Trinajstić information content (AvgIpc) is 2.54. The number of aliphatic hydroxyl groups excluding tert-OH is 2. The van der Waals surface area contributed by atoms with Crippen LogP contribution < -0.4 is 0 Å². The van der Waals surface area contributed by atoms with Crippen molar-refractivity contribution in [1.82, 2.24) is 4.90 Å². The molecule has 100 valence electrons. The van der Waals surface area contributed by atoms with Crippen molar-refractivity contribution in [3.8, 4) is 0 Å². The van der Waals surface area contributed by atoms with Gasteiger partial charge in [0.05, 0.1) is 32.4 Å². The number of aliphatic hydroxyl groups is 2. The Morgan fingerprint density at radius 3 is 2.59 bits per heavy atom. The average molecular weight is 247 g/mol. The molecule has 0 aliphatic carbocycles. The van der Waals surface area contributed by atoms with E-state index in [0.29, 0.717) is 0 Å². The molecular formula is C11H21NO5. The summed E-state index contributed by atoms with van der Waals surface area (Å²) in [6.45, 7) is 5.91. The zero-order valence-corrected chi connectivity index (χ0v) is 10.5. The summed E-state index contributed by atoms with van der Waals surface area (Å²) >= 11 is 0. The Hall–Kier alpha value is -0.850. The lowest BCUT2D eigenvalue weighted by Crippen LogP contribution is -2.36. The van der Waals surface area contributed by atoms with Gasteiger partial charge in [-0.1, -0.05) is 0 Å². The first-order valence-electron chi connectivity index (χ1n) is 5.72. The molecular weight excluding hydrogens is 226 g/mol. The van der Waals surface area contributed by atoms with Gasteiger partial charge in [0.1, 0.15) is 11.7 Å². The minimum Gasteiger partial charge on any atom is -0.444 e. The van der Waals surface area contributed by atoms with Gasteiger partial charge in [-0.3, -0.25) is 0 Å². The van der Waals surface area contributed by atoms with Gasteiger partial charge in [-0.05, 0) is 20.8 Å². The van der Waals surface area contributed by atoms with Crippen LogP contribution in [0.25, 0.3) is 0 Å². The summed E-state index contributed by atoms with van der Waals surface area (Å²) in [6, 6.07) is 0. The van der Waals surface area contributed by atoms with Gasteiger partial charge in [-0.25, -0.2) is 4.79 Å². The van der Waals surface area contributed by atoms with E-state index in [2.05, 4.69) is 0 Å². The first-order valence-corrected chi connectivity index (χ1v) is 5.72.